The molecule has 2 aliphatic heterocycles. The number of nitrogens with one attached hydrogen (secondary N) is 2. The number of rotatable bonds is 7. The van der Waals surface area contributed by atoms with Gasteiger partial charge < -0.3 is 19.7 Å². The topological polar surface area (TPSA) is 183 Å². The van der Waals surface area contributed by atoms with Gasteiger partial charge in [-0.15, -0.1) is 6.58 Å². The van der Waals surface area contributed by atoms with E-state index in [1.807, 2.05) is 12.2 Å². The van der Waals surface area contributed by atoms with Crippen LogP contribution in [0.4, 0.5) is 0 Å². The lowest BCUT2D eigenvalue weighted by molar-refractivity contribution is -0.156. The summed E-state index contributed by atoms with van der Waals surface area (Å²) in [5, 5.41) is 2.19. The zero-order valence-electron chi connectivity index (χ0n) is 31.6. The lowest BCUT2D eigenvalue weighted by Crippen LogP contribution is -2.57. The van der Waals surface area contributed by atoms with Gasteiger partial charge in [0.15, 0.2) is 0 Å². The molecule has 0 spiro atoms. The monoisotopic (exact) mass is 789 g/mol. The lowest BCUT2D eigenvalue weighted by Gasteiger charge is -2.32. The molecule has 4 heterocycles. The maximum atomic E-state index is 14.9. The molecule has 56 heavy (non-hydrogen) atoms. The summed E-state index contributed by atoms with van der Waals surface area (Å²) in [5.74, 6) is -3.30. The molecule has 0 unspecified atom stereocenters. The summed E-state index contributed by atoms with van der Waals surface area (Å²) in [6, 6.07) is 4.09. The molecule has 5 fully saturated rings. The molecule has 2 N–H and O–H groups in total. The van der Waals surface area contributed by atoms with Gasteiger partial charge in [-0.05, 0) is 88.2 Å². The Morgan fingerprint density at radius 1 is 0.964 bits per heavy atom. The minimum absolute atomic E-state index is 0.00507. The van der Waals surface area contributed by atoms with Crippen molar-refractivity contribution in [1.29, 1.82) is 0 Å². The highest BCUT2D eigenvalue weighted by atomic mass is 32.2. The molecule has 15 heteroatoms. The number of allylic oxidation sites excluding steroid dienone is 2. The number of aromatic nitrogens is 2. The molecule has 6 aliphatic rings. The first-order valence-corrected chi connectivity index (χ1v) is 21.8. The first-order chi connectivity index (χ1) is 27.0. The fraction of sp³-hybridized carbons (Fsp3) is 0.610. The second-order valence-electron chi connectivity index (χ2n) is 16.6. The maximum Gasteiger partial charge on any atom is 0.306 e. The zero-order chi connectivity index (χ0) is 39.2. The Balaban J connectivity index is 1.14. The second kappa shape index (κ2) is 15.4. The summed E-state index contributed by atoms with van der Waals surface area (Å²) >= 11 is 0. The van der Waals surface area contributed by atoms with Crippen molar-refractivity contribution < 1.29 is 37.1 Å². The Morgan fingerprint density at radius 3 is 2.50 bits per heavy atom. The van der Waals surface area contributed by atoms with E-state index in [9.17, 15) is 32.4 Å². The molecular weight excluding hydrogens is 739 g/mol. The van der Waals surface area contributed by atoms with E-state index in [2.05, 4.69) is 16.6 Å². The number of carbonyl (C=O) groups is 4. The van der Waals surface area contributed by atoms with Crippen molar-refractivity contribution in [2.45, 2.75) is 125 Å². The second-order valence-corrected chi connectivity index (χ2v) is 18.6. The van der Waals surface area contributed by atoms with Crippen LogP contribution in [-0.2, 0) is 40.4 Å². The van der Waals surface area contributed by atoms with Crippen LogP contribution in [0.15, 0.2) is 54.0 Å². The largest absolute Gasteiger partial charge is 0.472 e. The van der Waals surface area contributed by atoms with Crippen molar-refractivity contribution in [3.05, 3.63) is 65.1 Å². The van der Waals surface area contributed by atoms with E-state index in [1.165, 1.54) is 15.4 Å². The third-order valence-corrected chi connectivity index (χ3v) is 14.7. The summed E-state index contributed by atoms with van der Waals surface area (Å²) in [6.45, 7) is 3.76. The van der Waals surface area contributed by atoms with E-state index < -0.39 is 62.6 Å². The number of ether oxygens (including phenoxy) is 2. The number of hydrogen-bond acceptors (Lipinski definition) is 10. The standard InChI is InChI=1S/C41H51N5O9S/c1-2-27-23-41(27,40(51)44-56(52,53)29-18-19-29)43-36(48)32-21-28-24-46(32)39(50)31(25-11-6-7-12-25)22-35(47)55-33-16-10-14-26(33)13-4-3-5-15-30-37(54-28)42-34-17-8-9-20-45(34)38(30)49/h2-3,5,8-9,17,20,25-29,31-33H,1,4,6-7,10-16,18-19,21-24H2,(H,43,48)(H,44,51)/t26-,27-,28-,31+,32+,33-,41-/m1/s1. The van der Waals surface area contributed by atoms with Gasteiger partial charge in [-0.3, -0.25) is 33.1 Å². The Kier molecular flexibility index (Phi) is 10.6. The van der Waals surface area contributed by atoms with Gasteiger partial charge in [-0.1, -0.05) is 37.1 Å². The molecule has 0 aromatic carbocycles. The SMILES string of the molecule is C=C[C@@H]1C[C@]1(NC(=O)[C@@H]1C[C@@H]2CN1C(=O)[C@H](C1CCCC1)CC(=O)O[C@@H]1CCC[C@H]1CCC=CCc1c(nc3ccccn3c1=O)O2)C(=O)NS(=O)(=O)C1CC1. The van der Waals surface area contributed by atoms with Crippen LogP contribution < -0.4 is 20.3 Å². The van der Waals surface area contributed by atoms with E-state index in [1.54, 1.807) is 24.4 Å². The summed E-state index contributed by atoms with van der Waals surface area (Å²) in [6.07, 6.45) is 14.9. The van der Waals surface area contributed by atoms with Crippen LogP contribution in [0.2, 0.25) is 0 Å². The fourth-order valence-electron chi connectivity index (χ4n) is 9.47. The molecule has 8 rings (SSSR count). The van der Waals surface area contributed by atoms with Crippen LogP contribution in [0.25, 0.3) is 5.65 Å². The van der Waals surface area contributed by atoms with E-state index in [-0.39, 0.29) is 67.5 Å². The summed E-state index contributed by atoms with van der Waals surface area (Å²) < 4.78 is 41.8. The van der Waals surface area contributed by atoms with Crippen LogP contribution in [0.5, 0.6) is 5.88 Å². The molecule has 4 saturated carbocycles. The number of sulfonamides is 1. The summed E-state index contributed by atoms with van der Waals surface area (Å²) in [4.78, 5) is 76.7. The third-order valence-electron chi connectivity index (χ3n) is 12.9. The lowest BCUT2D eigenvalue weighted by atomic mass is 9.86. The van der Waals surface area contributed by atoms with Gasteiger partial charge in [-0.25, -0.2) is 8.42 Å². The molecule has 0 radical (unpaired) electrons. The number of amides is 3. The quantitative estimate of drug-likeness (QED) is 0.311. The van der Waals surface area contributed by atoms with E-state index in [0.717, 1.165) is 57.8 Å². The smallest absolute Gasteiger partial charge is 0.306 e. The number of nitrogens with zero attached hydrogens (tertiary/aromatic N) is 3. The number of pyridine rings is 1. The van der Waals surface area contributed by atoms with Crippen molar-refractivity contribution >= 4 is 39.4 Å². The molecule has 3 amide bonds. The molecule has 300 valence electrons. The van der Waals surface area contributed by atoms with Gasteiger partial charge in [-0.2, -0.15) is 4.98 Å². The molecule has 2 bridgehead atoms. The molecule has 4 aliphatic carbocycles. The van der Waals surface area contributed by atoms with Crippen molar-refractivity contribution in [3.63, 3.8) is 0 Å². The molecule has 2 aromatic rings. The van der Waals surface area contributed by atoms with E-state index in [4.69, 9.17) is 14.5 Å². The van der Waals surface area contributed by atoms with Gasteiger partial charge >= 0.3 is 5.97 Å². The summed E-state index contributed by atoms with van der Waals surface area (Å²) in [5.41, 5.74) is -1.12. The molecule has 1 saturated heterocycles. The Morgan fingerprint density at radius 2 is 1.75 bits per heavy atom. The van der Waals surface area contributed by atoms with Crippen LogP contribution in [-0.4, -0.2) is 82.0 Å². The number of fused-ring (bicyclic) bond motifs is 5. The number of hydrogen-bond donors (Lipinski definition) is 2. The van der Waals surface area contributed by atoms with Crippen LogP contribution in [0.3, 0.4) is 0 Å². The predicted molar refractivity (Wildman–Crippen MR) is 205 cm³/mol. The molecule has 14 nitrogen and oxygen atoms in total. The van der Waals surface area contributed by atoms with Crippen LogP contribution in [0.1, 0.15) is 95.5 Å². The van der Waals surface area contributed by atoms with E-state index >= 15 is 0 Å². The van der Waals surface area contributed by atoms with Crippen molar-refractivity contribution in [2.24, 2.45) is 23.7 Å². The predicted octanol–water partition coefficient (Wildman–Crippen LogP) is 3.51. The van der Waals surface area contributed by atoms with Gasteiger partial charge in [0.05, 0.1) is 29.7 Å². The molecule has 7 atom stereocenters. The zero-order valence-corrected chi connectivity index (χ0v) is 32.4. The average Bonchev–Trinajstić information content (AvgIpc) is 3.96. The Bertz CT molecular complexity index is 2110. The van der Waals surface area contributed by atoms with Gasteiger partial charge in [0.1, 0.15) is 29.4 Å². The third kappa shape index (κ3) is 7.62. The maximum absolute atomic E-state index is 14.9. The van der Waals surface area contributed by atoms with Gasteiger partial charge in [0.25, 0.3) is 11.5 Å². The Labute approximate surface area is 326 Å². The van der Waals surface area contributed by atoms with Crippen molar-refractivity contribution in [2.75, 3.05) is 6.54 Å². The van der Waals surface area contributed by atoms with Crippen LogP contribution >= 0.6 is 0 Å². The van der Waals surface area contributed by atoms with Gasteiger partial charge in [0, 0.05) is 25.0 Å². The fourth-order valence-corrected chi connectivity index (χ4v) is 10.8. The normalized spacial score (nSPS) is 31.4. The van der Waals surface area contributed by atoms with Gasteiger partial charge in [0.2, 0.25) is 27.7 Å². The highest BCUT2D eigenvalue weighted by Gasteiger charge is 2.62. The van der Waals surface area contributed by atoms with Crippen LogP contribution in [0, 0.1) is 23.7 Å². The average molecular weight is 790 g/mol. The number of esters is 1. The first kappa shape index (κ1) is 38.3. The minimum atomic E-state index is -3.91. The van der Waals surface area contributed by atoms with Crippen molar-refractivity contribution in [3.8, 4) is 5.88 Å². The number of carbonyl (C=O) groups excluding carboxylic acids is 4. The Hall–Kier alpha value is -4.53. The summed E-state index contributed by atoms with van der Waals surface area (Å²) in [7, 11) is -3.91. The first-order valence-electron chi connectivity index (χ1n) is 20.3. The minimum Gasteiger partial charge on any atom is -0.472 e. The highest BCUT2D eigenvalue weighted by molar-refractivity contribution is 7.91. The van der Waals surface area contributed by atoms with E-state index in [0.29, 0.717) is 24.1 Å². The molecular formula is C41H51N5O9S. The highest BCUT2D eigenvalue weighted by Crippen LogP contribution is 2.46. The van der Waals surface area contributed by atoms with Crippen molar-refractivity contribution in [1.82, 2.24) is 24.3 Å². The molecule has 2 aromatic heterocycles.